The molecule has 0 fully saturated rings. The molecular formula is C12H9NO. The molecule has 0 N–H and O–H groups in total. The van der Waals surface area contributed by atoms with Crippen LogP contribution in [0.5, 0.6) is 0 Å². The van der Waals surface area contributed by atoms with E-state index in [1.54, 1.807) is 4.90 Å². The van der Waals surface area contributed by atoms with Crippen LogP contribution in [-0.2, 0) is 4.79 Å². The molecule has 1 aromatic carbocycles. The summed E-state index contributed by atoms with van der Waals surface area (Å²) >= 11 is 0. The zero-order chi connectivity index (χ0) is 9.54. The summed E-state index contributed by atoms with van der Waals surface area (Å²) in [5, 5.41) is 0. The quantitative estimate of drug-likeness (QED) is 0.604. The molecule has 1 aromatic rings. The van der Waals surface area contributed by atoms with Gasteiger partial charge < -0.3 is 0 Å². The number of anilines is 1. The second kappa shape index (κ2) is 2.58. The number of nitrogens with zero attached hydrogens (tertiary/aromatic N) is 1. The van der Waals surface area contributed by atoms with Crippen LogP contribution in [0.15, 0.2) is 42.1 Å². The first-order valence-electron chi connectivity index (χ1n) is 4.66. The van der Waals surface area contributed by atoms with Crippen LogP contribution in [0.2, 0.25) is 0 Å². The highest BCUT2D eigenvalue weighted by atomic mass is 16.2. The predicted molar refractivity (Wildman–Crippen MR) is 55.7 cm³/mol. The lowest BCUT2D eigenvalue weighted by atomic mass is 10.1. The van der Waals surface area contributed by atoms with Crippen molar-refractivity contribution < 1.29 is 4.79 Å². The van der Waals surface area contributed by atoms with Crippen molar-refractivity contribution in [3.05, 3.63) is 47.7 Å². The van der Waals surface area contributed by atoms with Crippen LogP contribution in [0.1, 0.15) is 12.0 Å². The van der Waals surface area contributed by atoms with Crippen LogP contribution in [0.3, 0.4) is 0 Å². The lowest BCUT2D eigenvalue weighted by Gasteiger charge is -2.24. The molecule has 1 amide bonds. The number of hydrogen-bond donors (Lipinski definition) is 0. The molecule has 0 saturated carbocycles. The molecule has 0 aliphatic carbocycles. The molecule has 2 nitrogen and oxygen atoms in total. The summed E-state index contributed by atoms with van der Waals surface area (Å²) in [6, 6.07) is 7.95. The SMILES string of the molecule is O=C1CC=C2C=Cc3ccccc3N12. The molecule has 2 heteroatoms. The number of carbonyl (C=O) groups excluding carboxylic acids is 1. The van der Waals surface area contributed by atoms with Crippen molar-refractivity contribution in [1.29, 1.82) is 0 Å². The van der Waals surface area contributed by atoms with Gasteiger partial charge in [-0.2, -0.15) is 0 Å². The second-order valence-electron chi connectivity index (χ2n) is 3.45. The molecule has 2 aliphatic heterocycles. The number of carbonyl (C=O) groups is 1. The zero-order valence-electron chi connectivity index (χ0n) is 7.60. The molecule has 0 spiro atoms. The fraction of sp³-hybridized carbons (Fsp3) is 0.0833. The Labute approximate surface area is 82.2 Å². The number of hydrogen-bond acceptors (Lipinski definition) is 1. The van der Waals surface area contributed by atoms with E-state index in [4.69, 9.17) is 0 Å². The lowest BCUT2D eigenvalue weighted by molar-refractivity contribution is -0.116. The van der Waals surface area contributed by atoms with Gasteiger partial charge in [0.2, 0.25) is 5.91 Å². The standard InChI is InChI=1S/C12H9NO/c14-12-8-7-10-6-5-9-3-1-2-4-11(9)13(10)12/h1-7H,8H2. The molecule has 0 saturated heterocycles. The normalized spacial score (nSPS) is 17.9. The number of para-hydroxylation sites is 1. The zero-order valence-corrected chi connectivity index (χ0v) is 7.60. The topological polar surface area (TPSA) is 20.3 Å². The fourth-order valence-electron chi connectivity index (χ4n) is 1.94. The Morgan fingerprint density at radius 2 is 2.00 bits per heavy atom. The van der Waals surface area contributed by atoms with Gasteiger partial charge >= 0.3 is 0 Å². The van der Waals surface area contributed by atoms with Gasteiger partial charge in [0, 0.05) is 12.1 Å². The van der Waals surface area contributed by atoms with Crippen molar-refractivity contribution in [3.8, 4) is 0 Å². The highest BCUT2D eigenvalue weighted by Crippen LogP contribution is 2.34. The molecule has 3 rings (SSSR count). The minimum atomic E-state index is 0.164. The highest BCUT2D eigenvalue weighted by molar-refractivity contribution is 6.04. The molecule has 0 aromatic heterocycles. The van der Waals surface area contributed by atoms with E-state index in [0.29, 0.717) is 6.42 Å². The number of fused-ring (bicyclic) bond motifs is 3. The van der Waals surface area contributed by atoms with Gasteiger partial charge in [0.25, 0.3) is 0 Å². The van der Waals surface area contributed by atoms with E-state index in [2.05, 4.69) is 6.08 Å². The van der Waals surface area contributed by atoms with Gasteiger partial charge in [-0.25, -0.2) is 0 Å². The minimum Gasteiger partial charge on any atom is -0.281 e. The third-order valence-electron chi connectivity index (χ3n) is 2.60. The van der Waals surface area contributed by atoms with Crippen molar-refractivity contribution in [3.63, 3.8) is 0 Å². The Kier molecular flexibility index (Phi) is 1.39. The Balaban J connectivity index is 2.23. The van der Waals surface area contributed by atoms with Crippen LogP contribution in [-0.4, -0.2) is 5.91 Å². The molecule has 0 atom stereocenters. The van der Waals surface area contributed by atoms with Crippen molar-refractivity contribution in [2.24, 2.45) is 0 Å². The Bertz CT molecular complexity index is 471. The number of allylic oxidation sites excluding steroid dienone is 1. The third kappa shape index (κ3) is 0.880. The molecule has 2 heterocycles. The van der Waals surface area contributed by atoms with Gasteiger partial charge in [0.05, 0.1) is 5.69 Å². The summed E-state index contributed by atoms with van der Waals surface area (Å²) in [5.41, 5.74) is 3.12. The molecule has 2 aliphatic rings. The second-order valence-corrected chi connectivity index (χ2v) is 3.45. The lowest BCUT2D eigenvalue weighted by Crippen LogP contribution is -2.26. The van der Waals surface area contributed by atoms with Crippen molar-refractivity contribution in [2.75, 3.05) is 4.90 Å². The first kappa shape index (κ1) is 7.56. The van der Waals surface area contributed by atoms with Gasteiger partial charge in [-0.05, 0) is 17.7 Å². The Morgan fingerprint density at radius 3 is 2.93 bits per heavy atom. The maximum atomic E-state index is 11.6. The number of rotatable bonds is 0. The smallest absolute Gasteiger partial charge is 0.235 e. The molecular weight excluding hydrogens is 174 g/mol. The maximum Gasteiger partial charge on any atom is 0.235 e. The molecule has 0 radical (unpaired) electrons. The van der Waals surface area contributed by atoms with Crippen molar-refractivity contribution >= 4 is 17.7 Å². The summed E-state index contributed by atoms with van der Waals surface area (Å²) in [6.07, 6.45) is 6.53. The number of amides is 1. The average molecular weight is 183 g/mol. The van der Waals surface area contributed by atoms with Gasteiger partial charge in [-0.15, -0.1) is 0 Å². The molecule has 68 valence electrons. The van der Waals surface area contributed by atoms with Crippen LogP contribution >= 0.6 is 0 Å². The van der Waals surface area contributed by atoms with Gasteiger partial charge in [-0.3, -0.25) is 9.69 Å². The van der Waals surface area contributed by atoms with E-state index < -0.39 is 0 Å². The van der Waals surface area contributed by atoms with E-state index >= 15 is 0 Å². The third-order valence-corrected chi connectivity index (χ3v) is 2.60. The van der Waals surface area contributed by atoms with E-state index in [1.807, 2.05) is 36.4 Å². The summed E-state index contributed by atoms with van der Waals surface area (Å²) in [7, 11) is 0. The maximum absolute atomic E-state index is 11.6. The fourth-order valence-corrected chi connectivity index (χ4v) is 1.94. The summed E-state index contributed by atoms with van der Waals surface area (Å²) in [5.74, 6) is 0.164. The van der Waals surface area contributed by atoms with Crippen molar-refractivity contribution in [2.45, 2.75) is 6.42 Å². The molecule has 14 heavy (non-hydrogen) atoms. The van der Waals surface area contributed by atoms with E-state index in [0.717, 1.165) is 16.9 Å². The minimum absolute atomic E-state index is 0.164. The Hall–Kier alpha value is -1.83. The van der Waals surface area contributed by atoms with Crippen LogP contribution in [0, 0.1) is 0 Å². The highest BCUT2D eigenvalue weighted by Gasteiger charge is 2.26. The molecule has 0 bridgehead atoms. The summed E-state index contributed by atoms with van der Waals surface area (Å²) in [6.45, 7) is 0. The molecule has 0 unspecified atom stereocenters. The number of benzene rings is 1. The average Bonchev–Trinajstić information content (AvgIpc) is 2.61. The van der Waals surface area contributed by atoms with Crippen LogP contribution in [0.25, 0.3) is 6.08 Å². The van der Waals surface area contributed by atoms with E-state index in [-0.39, 0.29) is 5.91 Å². The van der Waals surface area contributed by atoms with Gasteiger partial charge in [0.1, 0.15) is 0 Å². The summed E-state index contributed by atoms with van der Waals surface area (Å²) in [4.78, 5) is 13.4. The van der Waals surface area contributed by atoms with E-state index in [1.165, 1.54) is 0 Å². The van der Waals surface area contributed by atoms with Crippen LogP contribution < -0.4 is 4.90 Å². The summed E-state index contributed by atoms with van der Waals surface area (Å²) < 4.78 is 0. The first-order valence-corrected chi connectivity index (χ1v) is 4.66. The Morgan fingerprint density at radius 1 is 1.14 bits per heavy atom. The van der Waals surface area contributed by atoms with E-state index in [9.17, 15) is 4.79 Å². The monoisotopic (exact) mass is 183 g/mol. The largest absolute Gasteiger partial charge is 0.281 e. The predicted octanol–water partition coefficient (Wildman–Crippen LogP) is 2.33. The first-order chi connectivity index (χ1) is 6.86. The van der Waals surface area contributed by atoms with Gasteiger partial charge in [-0.1, -0.05) is 30.4 Å². The van der Waals surface area contributed by atoms with Crippen molar-refractivity contribution in [1.82, 2.24) is 0 Å². The van der Waals surface area contributed by atoms with Crippen LogP contribution in [0.4, 0.5) is 5.69 Å². The van der Waals surface area contributed by atoms with Gasteiger partial charge in [0.15, 0.2) is 0 Å².